The van der Waals surface area contributed by atoms with Gasteiger partial charge >= 0.3 is 0 Å². The Kier molecular flexibility index (Phi) is 5.39. The number of sulfone groups is 1. The van der Waals surface area contributed by atoms with Crippen LogP contribution in [0.4, 0.5) is 17.5 Å². The molecule has 1 aromatic heterocycles. The molecule has 8 heteroatoms. The Morgan fingerprint density at radius 2 is 2.04 bits per heavy atom. The predicted molar refractivity (Wildman–Crippen MR) is 106 cm³/mol. The topological polar surface area (TPSA) is 75.2 Å². The number of halogens is 1. The minimum atomic E-state index is -2.95. The zero-order valence-corrected chi connectivity index (χ0v) is 16.7. The standard InChI is InChI=1S/C18H23ClN4O2S/c1-4-23(15-7-8-26(24,25)11-15)17-9-13(3)20-18(22-17)21-16-10-14(19)6-5-12(16)2/h5-6,9-10,15H,4,7-8,11H2,1-3H3,(H,20,21,22). The molecule has 2 heterocycles. The van der Waals surface area contributed by atoms with Gasteiger partial charge in [0.2, 0.25) is 5.95 Å². The van der Waals surface area contributed by atoms with E-state index in [0.717, 1.165) is 22.8 Å². The molecule has 1 N–H and O–H groups in total. The molecule has 0 spiro atoms. The minimum absolute atomic E-state index is 0.0416. The highest BCUT2D eigenvalue weighted by Gasteiger charge is 2.32. The normalized spacial score (nSPS) is 18.7. The Hall–Kier alpha value is -1.86. The van der Waals surface area contributed by atoms with Crippen molar-refractivity contribution in [2.75, 3.05) is 28.3 Å². The van der Waals surface area contributed by atoms with Crippen LogP contribution in [0.25, 0.3) is 0 Å². The first-order chi connectivity index (χ1) is 12.3. The highest BCUT2D eigenvalue weighted by molar-refractivity contribution is 7.91. The van der Waals surface area contributed by atoms with Crippen LogP contribution < -0.4 is 10.2 Å². The molecule has 0 radical (unpaired) electrons. The summed E-state index contributed by atoms with van der Waals surface area (Å²) in [5, 5.41) is 3.86. The Morgan fingerprint density at radius 3 is 2.69 bits per heavy atom. The zero-order valence-electron chi connectivity index (χ0n) is 15.2. The summed E-state index contributed by atoms with van der Waals surface area (Å²) in [4.78, 5) is 11.1. The van der Waals surface area contributed by atoms with Gasteiger partial charge in [0.15, 0.2) is 9.84 Å². The van der Waals surface area contributed by atoms with Crippen molar-refractivity contribution in [1.29, 1.82) is 0 Å². The quantitative estimate of drug-likeness (QED) is 0.836. The molecule has 26 heavy (non-hydrogen) atoms. The molecule has 2 aromatic rings. The van der Waals surface area contributed by atoms with E-state index in [-0.39, 0.29) is 17.5 Å². The summed E-state index contributed by atoms with van der Waals surface area (Å²) in [7, 11) is -2.95. The fourth-order valence-electron chi connectivity index (χ4n) is 3.23. The largest absolute Gasteiger partial charge is 0.353 e. The highest BCUT2D eigenvalue weighted by Crippen LogP contribution is 2.26. The van der Waals surface area contributed by atoms with Crippen molar-refractivity contribution in [2.45, 2.75) is 33.2 Å². The van der Waals surface area contributed by atoms with Gasteiger partial charge in [-0.25, -0.2) is 13.4 Å². The number of aromatic nitrogens is 2. The number of nitrogens with one attached hydrogen (secondary N) is 1. The van der Waals surface area contributed by atoms with Crippen LogP contribution in [0.1, 0.15) is 24.6 Å². The number of anilines is 3. The summed E-state index contributed by atoms with van der Waals surface area (Å²) in [6, 6.07) is 7.46. The lowest BCUT2D eigenvalue weighted by Crippen LogP contribution is -2.37. The summed E-state index contributed by atoms with van der Waals surface area (Å²) in [6.45, 7) is 6.58. The van der Waals surface area contributed by atoms with E-state index in [9.17, 15) is 8.42 Å². The van der Waals surface area contributed by atoms with Gasteiger partial charge in [-0.15, -0.1) is 0 Å². The molecule has 1 aromatic carbocycles. The van der Waals surface area contributed by atoms with Crippen molar-refractivity contribution in [3.63, 3.8) is 0 Å². The van der Waals surface area contributed by atoms with Gasteiger partial charge in [0, 0.05) is 35.1 Å². The third-order valence-electron chi connectivity index (χ3n) is 4.57. The van der Waals surface area contributed by atoms with Gasteiger partial charge in [0.05, 0.1) is 11.5 Å². The van der Waals surface area contributed by atoms with E-state index in [0.29, 0.717) is 23.9 Å². The van der Waals surface area contributed by atoms with Gasteiger partial charge in [-0.05, 0) is 44.9 Å². The van der Waals surface area contributed by atoms with Crippen LogP contribution in [-0.2, 0) is 9.84 Å². The van der Waals surface area contributed by atoms with E-state index < -0.39 is 9.84 Å². The molecule has 1 atom stereocenters. The zero-order chi connectivity index (χ0) is 18.9. The van der Waals surface area contributed by atoms with Crippen molar-refractivity contribution < 1.29 is 8.42 Å². The summed E-state index contributed by atoms with van der Waals surface area (Å²) >= 11 is 6.09. The second kappa shape index (κ2) is 7.40. The van der Waals surface area contributed by atoms with Crippen molar-refractivity contribution in [1.82, 2.24) is 9.97 Å². The van der Waals surface area contributed by atoms with Gasteiger partial charge in [-0.3, -0.25) is 0 Å². The molecule has 0 saturated carbocycles. The monoisotopic (exact) mass is 394 g/mol. The lowest BCUT2D eigenvalue weighted by atomic mass is 10.2. The van der Waals surface area contributed by atoms with Crippen LogP contribution >= 0.6 is 11.6 Å². The molecule has 0 bridgehead atoms. The first-order valence-electron chi connectivity index (χ1n) is 8.63. The summed E-state index contributed by atoms with van der Waals surface area (Å²) in [5.74, 6) is 1.64. The number of benzene rings is 1. The summed E-state index contributed by atoms with van der Waals surface area (Å²) in [6.07, 6.45) is 0.634. The van der Waals surface area contributed by atoms with Crippen LogP contribution in [-0.4, -0.2) is 42.5 Å². The van der Waals surface area contributed by atoms with Crippen LogP contribution in [0.15, 0.2) is 24.3 Å². The second-order valence-electron chi connectivity index (χ2n) is 6.62. The SMILES string of the molecule is CCN(c1cc(C)nc(Nc2cc(Cl)ccc2C)n1)C1CCS(=O)(=O)C1. The number of nitrogens with zero attached hydrogens (tertiary/aromatic N) is 3. The van der Waals surface area contributed by atoms with Gasteiger partial charge in [0.25, 0.3) is 0 Å². The van der Waals surface area contributed by atoms with Crippen molar-refractivity contribution in [3.8, 4) is 0 Å². The average molecular weight is 395 g/mol. The predicted octanol–water partition coefficient (Wildman–Crippen LogP) is 3.50. The summed E-state index contributed by atoms with van der Waals surface area (Å²) < 4.78 is 23.7. The Morgan fingerprint density at radius 1 is 1.27 bits per heavy atom. The molecule has 1 aliphatic rings. The molecule has 0 amide bonds. The van der Waals surface area contributed by atoms with Crippen LogP contribution in [0.5, 0.6) is 0 Å². The lowest BCUT2D eigenvalue weighted by molar-refractivity contribution is 0.599. The molecule has 1 fully saturated rings. The van der Waals surface area contributed by atoms with Crippen molar-refractivity contribution in [2.24, 2.45) is 0 Å². The average Bonchev–Trinajstić information content (AvgIpc) is 2.91. The van der Waals surface area contributed by atoms with Gasteiger partial charge in [-0.2, -0.15) is 4.98 Å². The minimum Gasteiger partial charge on any atom is -0.353 e. The maximum atomic E-state index is 11.9. The van der Waals surface area contributed by atoms with Crippen molar-refractivity contribution in [3.05, 3.63) is 40.5 Å². The highest BCUT2D eigenvalue weighted by atomic mass is 35.5. The van der Waals surface area contributed by atoms with Crippen LogP contribution in [0.2, 0.25) is 5.02 Å². The van der Waals surface area contributed by atoms with Gasteiger partial charge in [-0.1, -0.05) is 17.7 Å². The number of rotatable bonds is 5. The van der Waals surface area contributed by atoms with E-state index in [1.807, 2.05) is 45.0 Å². The molecule has 140 valence electrons. The fraction of sp³-hybridized carbons (Fsp3) is 0.444. The summed E-state index contributed by atoms with van der Waals surface area (Å²) in [5.41, 5.74) is 2.70. The van der Waals surface area contributed by atoms with E-state index >= 15 is 0 Å². The number of hydrogen-bond acceptors (Lipinski definition) is 6. The molecular formula is C18H23ClN4O2S. The first kappa shape index (κ1) is 18.9. The number of aryl methyl sites for hydroxylation is 2. The van der Waals surface area contributed by atoms with E-state index in [4.69, 9.17) is 11.6 Å². The maximum Gasteiger partial charge on any atom is 0.229 e. The molecule has 1 saturated heterocycles. The van der Waals surface area contributed by atoms with Crippen LogP contribution in [0.3, 0.4) is 0 Å². The van der Waals surface area contributed by atoms with Gasteiger partial charge < -0.3 is 10.2 Å². The molecular weight excluding hydrogens is 372 g/mol. The Bertz CT molecular complexity index is 917. The maximum absolute atomic E-state index is 11.9. The smallest absolute Gasteiger partial charge is 0.229 e. The molecule has 6 nitrogen and oxygen atoms in total. The Labute approximate surface area is 159 Å². The number of hydrogen-bond donors (Lipinski definition) is 1. The molecule has 1 unspecified atom stereocenters. The first-order valence-corrected chi connectivity index (χ1v) is 10.8. The van der Waals surface area contributed by atoms with Crippen molar-refractivity contribution >= 4 is 38.9 Å². The fourth-order valence-corrected chi connectivity index (χ4v) is 5.14. The van der Waals surface area contributed by atoms with E-state index in [1.54, 1.807) is 0 Å². The second-order valence-corrected chi connectivity index (χ2v) is 9.28. The van der Waals surface area contributed by atoms with Gasteiger partial charge in [0.1, 0.15) is 5.82 Å². The van der Waals surface area contributed by atoms with Crippen LogP contribution in [0, 0.1) is 13.8 Å². The lowest BCUT2D eigenvalue weighted by Gasteiger charge is -2.28. The molecule has 1 aliphatic heterocycles. The Balaban J connectivity index is 1.90. The third kappa shape index (κ3) is 4.27. The van der Waals surface area contributed by atoms with E-state index in [1.165, 1.54) is 0 Å². The third-order valence-corrected chi connectivity index (χ3v) is 6.56. The molecule has 3 rings (SSSR count). The molecule has 0 aliphatic carbocycles. The van der Waals surface area contributed by atoms with E-state index in [2.05, 4.69) is 20.2 Å².